The van der Waals surface area contributed by atoms with Crippen molar-refractivity contribution in [3.63, 3.8) is 0 Å². The standard InChI is InChI=1S/C24H16F2/c25-23-13-6-17(7-14-23)5-8-19-10-12-22(16-24(19)26)21-11-9-18-3-1-2-4-20(18)15-21/h1-16H. The van der Waals surface area contributed by atoms with Crippen molar-refractivity contribution >= 4 is 22.9 Å². The molecule has 0 N–H and O–H groups in total. The number of hydrogen-bond acceptors (Lipinski definition) is 0. The molecule has 0 unspecified atom stereocenters. The summed E-state index contributed by atoms with van der Waals surface area (Å²) < 4.78 is 27.4. The first-order valence-electron chi connectivity index (χ1n) is 8.41. The molecule has 26 heavy (non-hydrogen) atoms. The Balaban J connectivity index is 1.63. The van der Waals surface area contributed by atoms with Crippen molar-refractivity contribution in [3.8, 4) is 11.1 Å². The summed E-state index contributed by atoms with van der Waals surface area (Å²) in [4.78, 5) is 0. The van der Waals surface area contributed by atoms with Gasteiger partial charge in [0.25, 0.3) is 0 Å². The van der Waals surface area contributed by atoms with Crippen molar-refractivity contribution in [2.24, 2.45) is 0 Å². The van der Waals surface area contributed by atoms with Gasteiger partial charge in [-0.1, -0.05) is 72.8 Å². The third-order valence-corrected chi connectivity index (χ3v) is 4.41. The lowest BCUT2D eigenvalue weighted by Crippen LogP contribution is -1.85. The molecule has 0 aliphatic heterocycles. The minimum atomic E-state index is -0.284. The third kappa shape index (κ3) is 3.40. The molecule has 0 heterocycles. The molecule has 0 aliphatic carbocycles. The number of benzene rings is 4. The van der Waals surface area contributed by atoms with E-state index in [4.69, 9.17) is 0 Å². The van der Waals surface area contributed by atoms with Crippen molar-refractivity contribution in [2.75, 3.05) is 0 Å². The normalized spacial score (nSPS) is 11.3. The minimum Gasteiger partial charge on any atom is -0.207 e. The first kappa shape index (κ1) is 16.2. The molecule has 0 aromatic heterocycles. The molecule has 0 aliphatic rings. The van der Waals surface area contributed by atoms with Crippen LogP contribution in [0.15, 0.2) is 84.9 Å². The van der Waals surface area contributed by atoms with Gasteiger partial charge >= 0.3 is 0 Å². The fraction of sp³-hybridized carbons (Fsp3) is 0. The molecule has 0 spiro atoms. The summed E-state index contributed by atoms with van der Waals surface area (Å²) in [5.74, 6) is -0.568. The van der Waals surface area contributed by atoms with Gasteiger partial charge in [-0.2, -0.15) is 0 Å². The Labute approximate surface area is 151 Å². The van der Waals surface area contributed by atoms with Crippen LogP contribution in [0.4, 0.5) is 8.78 Å². The minimum absolute atomic E-state index is 0.283. The zero-order valence-corrected chi connectivity index (χ0v) is 14.0. The molecule has 4 aromatic rings. The molecule has 4 aromatic carbocycles. The second kappa shape index (κ2) is 6.93. The quantitative estimate of drug-likeness (QED) is 0.353. The predicted octanol–water partition coefficient (Wildman–Crippen LogP) is 6.96. The van der Waals surface area contributed by atoms with E-state index in [1.165, 1.54) is 12.1 Å². The van der Waals surface area contributed by atoms with Crippen molar-refractivity contribution in [2.45, 2.75) is 0 Å². The van der Waals surface area contributed by atoms with E-state index in [2.05, 4.69) is 18.2 Å². The Morgan fingerprint density at radius 3 is 2.04 bits per heavy atom. The van der Waals surface area contributed by atoms with Gasteiger partial charge in [0, 0.05) is 5.56 Å². The summed E-state index contributed by atoms with van der Waals surface area (Å²) in [5.41, 5.74) is 3.15. The summed E-state index contributed by atoms with van der Waals surface area (Å²) in [6.45, 7) is 0. The van der Waals surface area contributed by atoms with Crippen LogP contribution >= 0.6 is 0 Å². The summed E-state index contributed by atoms with van der Waals surface area (Å²) in [6.07, 6.45) is 3.47. The summed E-state index contributed by atoms with van der Waals surface area (Å²) in [7, 11) is 0. The summed E-state index contributed by atoms with van der Waals surface area (Å²) >= 11 is 0. The van der Waals surface area contributed by atoms with E-state index in [9.17, 15) is 8.78 Å². The zero-order valence-electron chi connectivity index (χ0n) is 14.0. The highest BCUT2D eigenvalue weighted by molar-refractivity contribution is 5.87. The van der Waals surface area contributed by atoms with Gasteiger partial charge in [-0.15, -0.1) is 0 Å². The van der Waals surface area contributed by atoms with Crippen LogP contribution in [-0.2, 0) is 0 Å². The van der Waals surface area contributed by atoms with Gasteiger partial charge in [-0.25, -0.2) is 8.78 Å². The van der Waals surface area contributed by atoms with E-state index in [-0.39, 0.29) is 11.6 Å². The highest BCUT2D eigenvalue weighted by Crippen LogP contribution is 2.26. The smallest absolute Gasteiger partial charge is 0.131 e. The maximum absolute atomic E-state index is 14.5. The molecule has 0 amide bonds. The van der Waals surface area contributed by atoms with Crippen LogP contribution in [0.1, 0.15) is 11.1 Å². The van der Waals surface area contributed by atoms with Gasteiger partial charge in [0.05, 0.1) is 0 Å². The maximum atomic E-state index is 14.5. The van der Waals surface area contributed by atoms with Crippen LogP contribution in [0.25, 0.3) is 34.1 Å². The predicted molar refractivity (Wildman–Crippen MR) is 105 cm³/mol. The van der Waals surface area contributed by atoms with Gasteiger partial charge in [0.15, 0.2) is 0 Å². The molecule has 0 fully saturated rings. The molecule has 0 bridgehead atoms. The number of rotatable bonds is 3. The van der Waals surface area contributed by atoms with Crippen LogP contribution in [0, 0.1) is 11.6 Å². The van der Waals surface area contributed by atoms with Crippen LogP contribution in [0.5, 0.6) is 0 Å². The van der Waals surface area contributed by atoms with E-state index in [0.717, 1.165) is 27.5 Å². The van der Waals surface area contributed by atoms with Crippen molar-refractivity contribution < 1.29 is 8.78 Å². The second-order valence-corrected chi connectivity index (χ2v) is 6.18. The molecular formula is C24H16F2. The van der Waals surface area contributed by atoms with Gasteiger partial charge in [0.1, 0.15) is 11.6 Å². The average molecular weight is 342 g/mol. The number of fused-ring (bicyclic) bond motifs is 1. The monoisotopic (exact) mass is 342 g/mol. The fourth-order valence-corrected chi connectivity index (χ4v) is 2.97. The molecule has 0 nitrogen and oxygen atoms in total. The van der Waals surface area contributed by atoms with Crippen LogP contribution in [0.3, 0.4) is 0 Å². The van der Waals surface area contributed by atoms with Crippen LogP contribution in [0.2, 0.25) is 0 Å². The SMILES string of the molecule is Fc1ccc(C=Cc2ccc(-c3ccc4ccccc4c3)cc2F)cc1. The summed E-state index contributed by atoms with van der Waals surface area (Å²) in [5, 5.41) is 2.29. The maximum Gasteiger partial charge on any atom is 0.131 e. The lowest BCUT2D eigenvalue weighted by atomic mass is 10.00. The molecule has 0 saturated carbocycles. The van der Waals surface area contributed by atoms with Gasteiger partial charge in [-0.05, 0) is 51.7 Å². The van der Waals surface area contributed by atoms with Gasteiger partial charge in [-0.3, -0.25) is 0 Å². The molecule has 4 rings (SSSR count). The van der Waals surface area contributed by atoms with Crippen LogP contribution < -0.4 is 0 Å². The Kier molecular flexibility index (Phi) is 4.32. The van der Waals surface area contributed by atoms with Crippen molar-refractivity contribution in [1.82, 2.24) is 0 Å². The molecule has 0 saturated heterocycles. The fourth-order valence-electron chi connectivity index (χ4n) is 2.97. The Morgan fingerprint density at radius 1 is 0.577 bits per heavy atom. The first-order valence-corrected chi connectivity index (χ1v) is 8.41. The molecule has 0 radical (unpaired) electrons. The zero-order chi connectivity index (χ0) is 17.9. The number of halogens is 2. The van der Waals surface area contributed by atoms with E-state index < -0.39 is 0 Å². The first-order chi connectivity index (χ1) is 12.7. The lowest BCUT2D eigenvalue weighted by Gasteiger charge is -2.06. The van der Waals surface area contributed by atoms with Crippen molar-refractivity contribution in [1.29, 1.82) is 0 Å². The second-order valence-electron chi connectivity index (χ2n) is 6.18. The topological polar surface area (TPSA) is 0 Å². The van der Waals surface area contributed by atoms with Gasteiger partial charge < -0.3 is 0 Å². The molecule has 2 heteroatoms. The molecule has 0 atom stereocenters. The lowest BCUT2D eigenvalue weighted by molar-refractivity contribution is 0.625. The Morgan fingerprint density at radius 2 is 1.27 bits per heavy atom. The van der Waals surface area contributed by atoms with E-state index in [1.807, 2.05) is 30.3 Å². The number of hydrogen-bond donors (Lipinski definition) is 0. The Hall–Kier alpha value is -3.26. The van der Waals surface area contributed by atoms with Crippen LogP contribution in [-0.4, -0.2) is 0 Å². The highest BCUT2D eigenvalue weighted by atomic mass is 19.1. The van der Waals surface area contributed by atoms with E-state index in [0.29, 0.717) is 5.56 Å². The molecule has 126 valence electrons. The third-order valence-electron chi connectivity index (χ3n) is 4.41. The largest absolute Gasteiger partial charge is 0.207 e. The summed E-state index contributed by atoms with van der Waals surface area (Å²) in [6, 6.07) is 25.6. The van der Waals surface area contributed by atoms with E-state index >= 15 is 0 Å². The van der Waals surface area contributed by atoms with E-state index in [1.54, 1.807) is 36.4 Å². The van der Waals surface area contributed by atoms with Crippen molar-refractivity contribution in [3.05, 3.63) is 108 Å². The molecular weight excluding hydrogens is 326 g/mol. The average Bonchev–Trinajstić information content (AvgIpc) is 2.68. The highest BCUT2D eigenvalue weighted by Gasteiger charge is 2.04. The Bertz CT molecular complexity index is 1090. The van der Waals surface area contributed by atoms with Gasteiger partial charge in [0.2, 0.25) is 0 Å².